The van der Waals surface area contributed by atoms with Crippen LogP contribution in [-0.2, 0) is 14.3 Å². The lowest BCUT2D eigenvalue weighted by Gasteiger charge is -2.33. The highest BCUT2D eigenvalue weighted by molar-refractivity contribution is 7.99. The second-order valence-corrected chi connectivity index (χ2v) is 8.01. The van der Waals surface area contributed by atoms with E-state index in [0.717, 1.165) is 55.9 Å². The third kappa shape index (κ3) is 5.01. The minimum atomic E-state index is -0.432. The fourth-order valence-electron chi connectivity index (χ4n) is 3.48. The van der Waals surface area contributed by atoms with Gasteiger partial charge >= 0.3 is 5.97 Å². The molecule has 5 nitrogen and oxygen atoms in total. The van der Waals surface area contributed by atoms with E-state index in [1.54, 1.807) is 17.8 Å². The van der Waals surface area contributed by atoms with Crippen molar-refractivity contribution in [3.63, 3.8) is 0 Å². The van der Waals surface area contributed by atoms with Gasteiger partial charge in [0.25, 0.3) is 5.91 Å². The second-order valence-electron chi connectivity index (χ2n) is 6.95. The standard InChI is InChI=1S/C20H27NO4S/c1-15-7-4-5-11-21(15)19(22)13-25-20(23)17-9-2-3-10-18(17)26-14-16-8-6-12-24-16/h2-3,9-10,15-16H,4-8,11-14H2,1H3. The summed E-state index contributed by atoms with van der Waals surface area (Å²) >= 11 is 1.61. The average Bonchev–Trinajstić information content (AvgIpc) is 3.18. The molecular formula is C20H27NO4S. The summed E-state index contributed by atoms with van der Waals surface area (Å²) < 4.78 is 11.0. The van der Waals surface area contributed by atoms with Crippen molar-refractivity contribution >= 4 is 23.6 Å². The number of ether oxygens (including phenoxy) is 2. The number of piperidine rings is 1. The normalized spacial score (nSPS) is 23.0. The van der Waals surface area contributed by atoms with E-state index < -0.39 is 5.97 Å². The van der Waals surface area contributed by atoms with E-state index in [9.17, 15) is 9.59 Å². The van der Waals surface area contributed by atoms with Crippen LogP contribution in [0.1, 0.15) is 49.4 Å². The van der Waals surface area contributed by atoms with Crippen LogP contribution < -0.4 is 0 Å². The molecule has 2 atom stereocenters. The average molecular weight is 378 g/mol. The summed E-state index contributed by atoms with van der Waals surface area (Å²) in [6.07, 6.45) is 5.62. The number of benzene rings is 1. The molecule has 6 heteroatoms. The van der Waals surface area contributed by atoms with Crippen molar-refractivity contribution in [3.8, 4) is 0 Å². The maximum absolute atomic E-state index is 12.5. The van der Waals surface area contributed by atoms with Crippen LogP contribution in [0.2, 0.25) is 0 Å². The fraction of sp³-hybridized carbons (Fsp3) is 0.600. The van der Waals surface area contributed by atoms with Gasteiger partial charge in [0, 0.05) is 29.8 Å². The third-order valence-corrected chi connectivity index (χ3v) is 6.21. The molecule has 2 unspecified atom stereocenters. The molecule has 26 heavy (non-hydrogen) atoms. The maximum atomic E-state index is 12.5. The summed E-state index contributed by atoms with van der Waals surface area (Å²) in [4.78, 5) is 27.6. The van der Waals surface area contributed by atoms with E-state index in [1.807, 2.05) is 23.1 Å². The largest absolute Gasteiger partial charge is 0.452 e. The van der Waals surface area contributed by atoms with Gasteiger partial charge in [0.2, 0.25) is 0 Å². The first-order valence-corrected chi connectivity index (χ1v) is 10.4. The molecule has 2 saturated heterocycles. The van der Waals surface area contributed by atoms with Crippen LogP contribution in [0.15, 0.2) is 29.2 Å². The molecule has 0 radical (unpaired) electrons. The summed E-state index contributed by atoms with van der Waals surface area (Å²) in [6.45, 7) is 3.45. The molecule has 3 rings (SSSR count). The molecule has 0 spiro atoms. The number of thioether (sulfide) groups is 1. The van der Waals surface area contributed by atoms with E-state index in [4.69, 9.17) is 9.47 Å². The highest BCUT2D eigenvalue weighted by Crippen LogP contribution is 2.27. The highest BCUT2D eigenvalue weighted by atomic mass is 32.2. The Morgan fingerprint density at radius 1 is 1.23 bits per heavy atom. The molecule has 0 saturated carbocycles. The molecule has 1 aromatic carbocycles. The van der Waals surface area contributed by atoms with Gasteiger partial charge in [-0.15, -0.1) is 11.8 Å². The van der Waals surface area contributed by atoms with Crippen LogP contribution in [-0.4, -0.2) is 54.4 Å². The molecule has 0 aliphatic carbocycles. The van der Waals surface area contributed by atoms with Crippen molar-refractivity contribution in [1.29, 1.82) is 0 Å². The van der Waals surface area contributed by atoms with Gasteiger partial charge in [0.05, 0.1) is 11.7 Å². The molecule has 2 heterocycles. The molecule has 1 amide bonds. The zero-order chi connectivity index (χ0) is 18.4. The van der Waals surface area contributed by atoms with Crippen molar-refractivity contribution in [2.75, 3.05) is 25.5 Å². The molecule has 142 valence electrons. The van der Waals surface area contributed by atoms with E-state index in [1.165, 1.54) is 0 Å². The van der Waals surface area contributed by atoms with E-state index in [2.05, 4.69) is 6.92 Å². The topological polar surface area (TPSA) is 55.8 Å². The molecule has 2 fully saturated rings. The van der Waals surface area contributed by atoms with Gasteiger partial charge in [-0.05, 0) is 51.2 Å². The number of likely N-dealkylation sites (tertiary alicyclic amines) is 1. The van der Waals surface area contributed by atoms with Crippen LogP contribution in [0.5, 0.6) is 0 Å². The number of carbonyl (C=O) groups is 2. The predicted molar refractivity (Wildman–Crippen MR) is 101 cm³/mol. The summed E-state index contributed by atoms with van der Waals surface area (Å²) in [7, 11) is 0. The lowest BCUT2D eigenvalue weighted by atomic mass is 10.0. The van der Waals surface area contributed by atoms with Gasteiger partial charge in [0.1, 0.15) is 0 Å². The Hall–Kier alpha value is -1.53. The molecule has 2 aliphatic rings. The molecule has 1 aromatic rings. The predicted octanol–water partition coefficient (Wildman–Crippen LogP) is 3.52. The number of carbonyl (C=O) groups excluding carboxylic acids is 2. The van der Waals surface area contributed by atoms with Crippen LogP contribution in [0.3, 0.4) is 0 Å². The van der Waals surface area contributed by atoms with Crippen molar-refractivity contribution in [1.82, 2.24) is 4.90 Å². The van der Waals surface area contributed by atoms with Crippen LogP contribution >= 0.6 is 11.8 Å². The molecule has 0 aromatic heterocycles. The summed E-state index contributed by atoms with van der Waals surface area (Å²) in [6, 6.07) is 7.64. The molecular weight excluding hydrogens is 350 g/mol. The van der Waals surface area contributed by atoms with Crippen LogP contribution in [0.4, 0.5) is 0 Å². The summed E-state index contributed by atoms with van der Waals surface area (Å²) in [5, 5.41) is 0. The lowest BCUT2D eigenvalue weighted by molar-refractivity contribution is -0.137. The van der Waals surface area contributed by atoms with Crippen molar-refractivity contribution in [2.45, 2.75) is 56.1 Å². The molecule has 2 aliphatic heterocycles. The third-order valence-electron chi connectivity index (χ3n) is 5.01. The lowest BCUT2D eigenvalue weighted by Crippen LogP contribution is -2.44. The minimum Gasteiger partial charge on any atom is -0.452 e. The van der Waals surface area contributed by atoms with E-state index in [-0.39, 0.29) is 24.7 Å². The number of hydrogen-bond acceptors (Lipinski definition) is 5. The fourth-order valence-corrected chi connectivity index (χ4v) is 4.59. The molecule has 0 N–H and O–H groups in total. The van der Waals surface area contributed by atoms with Gasteiger partial charge in [0.15, 0.2) is 6.61 Å². The first kappa shape index (κ1) is 19.2. The SMILES string of the molecule is CC1CCCCN1C(=O)COC(=O)c1ccccc1SCC1CCCO1. The Morgan fingerprint density at radius 2 is 2.08 bits per heavy atom. The summed E-state index contributed by atoms with van der Waals surface area (Å²) in [5.41, 5.74) is 0.523. The van der Waals surface area contributed by atoms with Crippen molar-refractivity contribution in [3.05, 3.63) is 29.8 Å². The zero-order valence-corrected chi connectivity index (χ0v) is 16.1. The highest BCUT2D eigenvalue weighted by Gasteiger charge is 2.25. The quantitative estimate of drug-likeness (QED) is 0.561. The van der Waals surface area contributed by atoms with Gasteiger partial charge in [-0.25, -0.2) is 4.79 Å². The van der Waals surface area contributed by atoms with Crippen molar-refractivity contribution < 1.29 is 19.1 Å². The Morgan fingerprint density at radius 3 is 2.85 bits per heavy atom. The Bertz CT molecular complexity index is 630. The number of rotatable bonds is 6. The Kier molecular flexibility index (Phi) is 6.97. The first-order valence-electron chi connectivity index (χ1n) is 9.45. The number of nitrogens with zero attached hydrogens (tertiary/aromatic N) is 1. The number of hydrogen-bond donors (Lipinski definition) is 0. The number of esters is 1. The van der Waals surface area contributed by atoms with Crippen LogP contribution in [0.25, 0.3) is 0 Å². The Balaban J connectivity index is 1.54. The Labute approximate surface area is 159 Å². The maximum Gasteiger partial charge on any atom is 0.339 e. The van der Waals surface area contributed by atoms with Gasteiger partial charge in [-0.1, -0.05) is 12.1 Å². The summed E-state index contributed by atoms with van der Waals surface area (Å²) in [5.74, 6) is 0.294. The monoisotopic (exact) mass is 377 g/mol. The second kappa shape index (κ2) is 9.42. The van der Waals surface area contributed by atoms with Gasteiger partial charge in [-0.3, -0.25) is 4.79 Å². The first-order chi connectivity index (χ1) is 12.6. The van der Waals surface area contributed by atoms with Gasteiger partial charge < -0.3 is 14.4 Å². The number of amides is 1. The van der Waals surface area contributed by atoms with Crippen LogP contribution in [0, 0.1) is 0 Å². The van der Waals surface area contributed by atoms with E-state index >= 15 is 0 Å². The zero-order valence-electron chi connectivity index (χ0n) is 15.3. The minimum absolute atomic E-state index is 0.102. The van der Waals surface area contributed by atoms with Crippen molar-refractivity contribution in [2.24, 2.45) is 0 Å². The van der Waals surface area contributed by atoms with Gasteiger partial charge in [-0.2, -0.15) is 0 Å². The smallest absolute Gasteiger partial charge is 0.339 e. The van der Waals surface area contributed by atoms with E-state index in [0.29, 0.717) is 5.56 Å². The molecule has 0 bridgehead atoms.